The zero-order valence-corrected chi connectivity index (χ0v) is 14.8. The minimum absolute atomic E-state index is 0.0505. The molecule has 0 aliphatic carbocycles. The Bertz CT molecular complexity index is 824. The number of nitrogens with one attached hydrogen (secondary N) is 1. The van der Waals surface area contributed by atoms with Gasteiger partial charge in [0.25, 0.3) is 0 Å². The Morgan fingerprint density at radius 2 is 1.76 bits per heavy atom. The van der Waals surface area contributed by atoms with Crippen LogP contribution in [-0.4, -0.2) is 46.1 Å². The van der Waals surface area contributed by atoms with Crippen molar-refractivity contribution >= 4 is 16.9 Å². The Morgan fingerprint density at radius 1 is 1.12 bits per heavy atom. The molecule has 1 aromatic carbocycles. The molecule has 6 nitrogen and oxygen atoms in total. The molecule has 2 atom stereocenters. The first-order valence-electron chi connectivity index (χ1n) is 9.28. The van der Waals surface area contributed by atoms with Crippen molar-refractivity contribution in [1.82, 2.24) is 19.4 Å². The monoisotopic (exact) mass is 342 g/mol. The number of aryl methyl sites for hydroxylation is 2. The van der Waals surface area contributed by atoms with Crippen LogP contribution in [0.3, 0.4) is 0 Å². The zero-order valence-electron chi connectivity index (χ0n) is 14.8. The van der Waals surface area contributed by atoms with E-state index in [1.165, 1.54) is 0 Å². The van der Waals surface area contributed by atoms with Crippen LogP contribution in [-0.2, 0) is 18.4 Å². The third-order valence-corrected chi connectivity index (χ3v) is 5.97. The summed E-state index contributed by atoms with van der Waals surface area (Å²) in [7, 11) is 1.78. The van der Waals surface area contributed by atoms with Crippen LogP contribution in [0, 0.1) is 11.8 Å². The van der Waals surface area contributed by atoms with Crippen molar-refractivity contribution in [2.45, 2.75) is 25.8 Å². The molecule has 2 aliphatic rings. The molecule has 6 heteroatoms. The fourth-order valence-corrected chi connectivity index (χ4v) is 4.41. The highest BCUT2D eigenvalue weighted by Gasteiger charge is 2.31. The summed E-state index contributed by atoms with van der Waals surface area (Å²) in [6.45, 7) is 4.35. The number of imidazole rings is 1. The first-order valence-corrected chi connectivity index (χ1v) is 9.28. The molecule has 2 aromatic rings. The molecule has 0 bridgehead atoms. The fourth-order valence-electron chi connectivity index (χ4n) is 4.41. The summed E-state index contributed by atoms with van der Waals surface area (Å²) in [6.07, 6.45) is 2.58. The number of amides is 1. The van der Waals surface area contributed by atoms with Gasteiger partial charge in [0.1, 0.15) is 0 Å². The molecule has 0 unspecified atom stereocenters. The number of hydrogen-bond acceptors (Lipinski definition) is 3. The maximum Gasteiger partial charge on any atom is 0.328 e. The highest BCUT2D eigenvalue weighted by Crippen LogP contribution is 2.27. The van der Waals surface area contributed by atoms with Crippen molar-refractivity contribution in [3.63, 3.8) is 0 Å². The number of benzene rings is 1. The van der Waals surface area contributed by atoms with Crippen molar-refractivity contribution < 1.29 is 4.79 Å². The molecule has 0 radical (unpaired) electrons. The Hall–Kier alpha value is -2.08. The number of carbonyl (C=O) groups is 1. The van der Waals surface area contributed by atoms with Crippen LogP contribution in [0.1, 0.15) is 19.3 Å². The predicted molar refractivity (Wildman–Crippen MR) is 97.5 cm³/mol. The number of carbonyl (C=O) groups excluding carboxylic acids is 1. The Morgan fingerprint density at radius 3 is 2.44 bits per heavy atom. The van der Waals surface area contributed by atoms with Crippen molar-refractivity contribution in [3.05, 3.63) is 34.7 Å². The minimum Gasteiger partial charge on any atom is -0.343 e. The van der Waals surface area contributed by atoms with E-state index in [0.29, 0.717) is 13.0 Å². The van der Waals surface area contributed by atoms with E-state index < -0.39 is 0 Å². The van der Waals surface area contributed by atoms with E-state index in [1.807, 2.05) is 29.2 Å². The van der Waals surface area contributed by atoms with E-state index >= 15 is 0 Å². The summed E-state index contributed by atoms with van der Waals surface area (Å²) in [5, 5.41) is 3.46. The van der Waals surface area contributed by atoms with Gasteiger partial charge in [-0.05, 0) is 49.9 Å². The van der Waals surface area contributed by atoms with Gasteiger partial charge >= 0.3 is 5.69 Å². The van der Waals surface area contributed by atoms with Crippen LogP contribution < -0.4 is 11.0 Å². The number of nitrogens with zero attached hydrogens (tertiary/aromatic N) is 3. The van der Waals surface area contributed by atoms with Gasteiger partial charge < -0.3 is 10.2 Å². The maximum atomic E-state index is 12.7. The number of likely N-dealkylation sites (tertiary alicyclic amines) is 1. The van der Waals surface area contributed by atoms with Gasteiger partial charge in [0.15, 0.2) is 0 Å². The van der Waals surface area contributed by atoms with Crippen molar-refractivity contribution in [2.75, 3.05) is 26.2 Å². The lowest BCUT2D eigenvalue weighted by atomic mass is 9.92. The zero-order chi connectivity index (χ0) is 17.4. The summed E-state index contributed by atoms with van der Waals surface area (Å²) in [5.74, 6) is 1.62. The molecule has 0 saturated carbocycles. The third kappa shape index (κ3) is 2.99. The highest BCUT2D eigenvalue weighted by atomic mass is 16.2. The molecule has 4 rings (SSSR count). The highest BCUT2D eigenvalue weighted by molar-refractivity contribution is 5.78. The van der Waals surface area contributed by atoms with Gasteiger partial charge in [0.2, 0.25) is 5.91 Å². The number of hydrogen-bond donors (Lipinski definition) is 1. The van der Waals surface area contributed by atoms with Gasteiger partial charge in [-0.1, -0.05) is 12.1 Å². The molecule has 2 saturated heterocycles. The van der Waals surface area contributed by atoms with E-state index in [2.05, 4.69) is 5.32 Å². The van der Waals surface area contributed by atoms with E-state index in [1.54, 1.807) is 16.2 Å². The van der Waals surface area contributed by atoms with Gasteiger partial charge in [0, 0.05) is 33.1 Å². The Balaban J connectivity index is 1.44. The lowest BCUT2D eigenvalue weighted by Gasteiger charge is -2.21. The average Bonchev–Trinajstić information content (AvgIpc) is 3.10. The summed E-state index contributed by atoms with van der Waals surface area (Å²) >= 11 is 0. The van der Waals surface area contributed by atoms with Gasteiger partial charge in [-0.15, -0.1) is 0 Å². The summed E-state index contributed by atoms with van der Waals surface area (Å²) in [4.78, 5) is 27.2. The lowest BCUT2D eigenvalue weighted by molar-refractivity contribution is -0.131. The molecule has 1 amide bonds. The lowest BCUT2D eigenvalue weighted by Crippen LogP contribution is -2.34. The van der Waals surface area contributed by atoms with E-state index in [4.69, 9.17) is 0 Å². The SMILES string of the molecule is Cn1c(=O)n(CCC(=O)N2CC[C@@H]3CNC[C@@H]3CC2)c2ccccc21. The van der Waals surface area contributed by atoms with E-state index in [9.17, 15) is 9.59 Å². The molecular formula is C19H26N4O2. The average molecular weight is 342 g/mol. The molecule has 134 valence electrons. The first-order chi connectivity index (χ1) is 12.1. The smallest absolute Gasteiger partial charge is 0.328 e. The molecule has 1 aromatic heterocycles. The molecule has 1 N–H and O–H groups in total. The third-order valence-electron chi connectivity index (χ3n) is 5.97. The summed E-state index contributed by atoms with van der Waals surface area (Å²) < 4.78 is 3.38. The fraction of sp³-hybridized carbons (Fsp3) is 0.579. The molecule has 0 spiro atoms. The Kier molecular flexibility index (Phi) is 4.37. The molecule has 2 aliphatic heterocycles. The second kappa shape index (κ2) is 6.67. The second-order valence-corrected chi connectivity index (χ2v) is 7.37. The van der Waals surface area contributed by atoms with Crippen LogP contribution in [0.25, 0.3) is 11.0 Å². The van der Waals surface area contributed by atoms with E-state index in [-0.39, 0.29) is 11.6 Å². The largest absolute Gasteiger partial charge is 0.343 e. The van der Waals surface area contributed by atoms with Crippen LogP contribution in [0.5, 0.6) is 0 Å². The molecule has 25 heavy (non-hydrogen) atoms. The first kappa shape index (κ1) is 16.4. The van der Waals surface area contributed by atoms with Crippen LogP contribution in [0.2, 0.25) is 0 Å². The van der Waals surface area contributed by atoms with Crippen LogP contribution in [0.15, 0.2) is 29.1 Å². The van der Waals surface area contributed by atoms with Crippen molar-refractivity contribution in [3.8, 4) is 0 Å². The van der Waals surface area contributed by atoms with Crippen LogP contribution >= 0.6 is 0 Å². The van der Waals surface area contributed by atoms with Gasteiger partial charge in [-0.3, -0.25) is 13.9 Å². The standard InChI is InChI=1S/C19H26N4O2/c1-21-16-4-2-3-5-17(16)23(19(21)25)11-8-18(24)22-9-6-14-12-20-13-15(14)7-10-22/h2-5,14-15,20H,6-13H2,1H3/t14-,15+. The number of rotatable bonds is 3. The van der Waals surface area contributed by atoms with Crippen molar-refractivity contribution in [1.29, 1.82) is 0 Å². The van der Waals surface area contributed by atoms with E-state index in [0.717, 1.165) is 61.9 Å². The van der Waals surface area contributed by atoms with Gasteiger partial charge in [-0.2, -0.15) is 0 Å². The maximum absolute atomic E-state index is 12.7. The second-order valence-electron chi connectivity index (χ2n) is 7.37. The quantitative estimate of drug-likeness (QED) is 0.911. The van der Waals surface area contributed by atoms with Crippen molar-refractivity contribution in [2.24, 2.45) is 18.9 Å². The van der Waals surface area contributed by atoms with Gasteiger partial charge in [-0.25, -0.2) is 4.79 Å². The number of aromatic nitrogens is 2. The topological polar surface area (TPSA) is 59.3 Å². The molecular weight excluding hydrogens is 316 g/mol. The number of para-hydroxylation sites is 2. The minimum atomic E-state index is -0.0505. The Labute approximate surface area is 147 Å². The molecule has 3 heterocycles. The summed E-state index contributed by atoms with van der Waals surface area (Å²) in [6, 6.07) is 7.75. The predicted octanol–water partition coefficient (Wildman–Crippen LogP) is 1.19. The van der Waals surface area contributed by atoms with Gasteiger partial charge in [0.05, 0.1) is 11.0 Å². The number of fused-ring (bicyclic) bond motifs is 2. The molecule has 2 fully saturated rings. The summed E-state index contributed by atoms with van der Waals surface area (Å²) in [5.41, 5.74) is 1.76. The normalized spacial score (nSPS) is 23.6. The van der Waals surface area contributed by atoms with Crippen LogP contribution in [0.4, 0.5) is 0 Å².